The maximum Gasteiger partial charge on any atom is 0.0613 e. The van der Waals surface area contributed by atoms with Gasteiger partial charge in [-0.1, -0.05) is 19.8 Å². The first-order valence-electron chi connectivity index (χ1n) is 5.56. The molecule has 0 unspecified atom stereocenters. The number of rotatable bonds is 4. The summed E-state index contributed by atoms with van der Waals surface area (Å²) in [7, 11) is 1.97. The predicted octanol–water partition coefficient (Wildman–Crippen LogP) is 1.93. The molecule has 2 nitrogen and oxygen atoms in total. The van der Waals surface area contributed by atoms with Gasteiger partial charge in [0.1, 0.15) is 0 Å². The molecule has 1 aliphatic carbocycles. The molecule has 0 saturated heterocycles. The first kappa shape index (κ1) is 11.0. The van der Waals surface area contributed by atoms with Gasteiger partial charge >= 0.3 is 0 Å². The van der Waals surface area contributed by atoms with Crippen LogP contribution in [0.15, 0.2) is 0 Å². The zero-order valence-corrected chi connectivity index (χ0v) is 8.97. The summed E-state index contributed by atoms with van der Waals surface area (Å²) in [6, 6.07) is 0. The lowest BCUT2D eigenvalue weighted by atomic mass is 9.75. The van der Waals surface area contributed by atoms with Crippen LogP contribution in [0.4, 0.5) is 0 Å². The Labute approximate surface area is 81.7 Å². The molecule has 0 aromatic carbocycles. The van der Waals surface area contributed by atoms with Gasteiger partial charge in [-0.2, -0.15) is 0 Å². The summed E-state index contributed by atoms with van der Waals surface area (Å²) in [5.74, 6) is 0.915. The Kier molecular flexibility index (Phi) is 4.20. The van der Waals surface area contributed by atoms with E-state index in [1.165, 1.54) is 25.7 Å². The van der Waals surface area contributed by atoms with Crippen LogP contribution in [0.5, 0.6) is 0 Å². The van der Waals surface area contributed by atoms with E-state index in [2.05, 4.69) is 12.2 Å². The Morgan fingerprint density at radius 2 is 2.00 bits per heavy atom. The second kappa shape index (κ2) is 4.97. The predicted molar refractivity (Wildman–Crippen MR) is 55.7 cm³/mol. The zero-order valence-electron chi connectivity index (χ0n) is 8.97. The Morgan fingerprint density at radius 1 is 1.38 bits per heavy atom. The minimum Gasteiger partial charge on any atom is -0.394 e. The lowest BCUT2D eigenvalue weighted by molar-refractivity contribution is 0.107. The molecule has 13 heavy (non-hydrogen) atoms. The number of aliphatic hydroxyl groups is 1. The van der Waals surface area contributed by atoms with Gasteiger partial charge in [0.25, 0.3) is 0 Å². The van der Waals surface area contributed by atoms with Gasteiger partial charge in [-0.25, -0.2) is 0 Å². The molecule has 1 aliphatic rings. The normalized spacial score (nSPS) is 34.8. The van der Waals surface area contributed by atoms with Gasteiger partial charge in [-0.3, -0.25) is 0 Å². The number of hydrogen-bond donors (Lipinski definition) is 2. The van der Waals surface area contributed by atoms with Crippen molar-refractivity contribution in [3.05, 3.63) is 0 Å². The number of likely N-dealkylation sites (N-methyl/N-ethyl adjacent to an activating group) is 1. The molecule has 1 saturated carbocycles. The molecule has 0 aromatic heterocycles. The Morgan fingerprint density at radius 3 is 2.38 bits per heavy atom. The molecular formula is C11H23NO. The average Bonchev–Trinajstić information content (AvgIpc) is 2.20. The fourth-order valence-corrected chi connectivity index (χ4v) is 2.41. The smallest absolute Gasteiger partial charge is 0.0613 e. The number of hydrogen-bond acceptors (Lipinski definition) is 2. The minimum atomic E-state index is 0.0459. The fourth-order valence-electron chi connectivity index (χ4n) is 2.41. The average molecular weight is 185 g/mol. The van der Waals surface area contributed by atoms with E-state index in [-0.39, 0.29) is 5.54 Å². The van der Waals surface area contributed by atoms with Gasteiger partial charge in [-0.15, -0.1) is 0 Å². The van der Waals surface area contributed by atoms with Crippen LogP contribution in [0.2, 0.25) is 0 Å². The third-order valence-electron chi connectivity index (χ3n) is 3.59. The Hall–Kier alpha value is -0.0800. The summed E-state index contributed by atoms with van der Waals surface area (Å²) in [5, 5.41) is 12.6. The van der Waals surface area contributed by atoms with Gasteiger partial charge < -0.3 is 10.4 Å². The molecule has 2 heteroatoms. The molecule has 78 valence electrons. The van der Waals surface area contributed by atoms with E-state index in [0.717, 1.165) is 18.8 Å². The molecule has 1 rings (SSSR count). The van der Waals surface area contributed by atoms with Crippen molar-refractivity contribution in [2.75, 3.05) is 13.7 Å². The maximum absolute atomic E-state index is 9.30. The van der Waals surface area contributed by atoms with E-state index in [0.29, 0.717) is 6.61 Å². The highest BCUT2D eigenvalue weighted by molar-refractivity contribution is 4.91. The van der Waals surface area contributed by atoms with Gasteiger partial charge in [-0.05, 0) is 38.6 Å². The summed E-state index contributed by atoms with van der Waals surface area (Å²) in [4.78, 5) is 0. The molecule has 0 aliphatic heterocycles. The van der Waals surface area contributed by atoms with Crippen molar-refractivity contribution in [3.63, 3.8) is 0 Å². The third kappa shape index (κ3) is 2.68. The van der Waals surface area contributed by atoms with E-state index >= 15 is 0 Å². The van der Waals surface area contributed by atoms with Gasteiger partial charge in [0.05, 0.1) is 6.61 Å². The highest BCUT2D eigenvalue weighted by Crippen LogP contribution is 2.33. The van der Waals surface area contributed by atoms with Crippen LogP contribution in [0.3, 0.4) is 0 Å². The fraction of sp³-hybridized carbons (Fsp3) is 1.00. The zero-order chi connectivity index (χ0) is 9.73. The second-order valence-corrected chi connectivity index (χ2v) is 4.42. The molecule has 2 N–H and O–H groups in total. The maximum atomic E-state index is 9.30. The quantitative estimate of drug-likeness (QED) is 0.701. The molecule has 0 heterocycles. The van der Waals surface area contributed by atoms with Crippen LogP contribution in [-0.4, -0.2) is 24.3 Å². The second-order valence-electron chi connectivity index (χ2n) is 4.42. The van der Waals surface area contributed by atoms with E-state index in [4.69, 9.17) is 0 Å². The topological polar surface area (TPSA) is 32.3 Å². The van der Waals surface area contributed by atoms with Crippen molar-refractivity contribution in [2.24, 2.45) is 5.92 Å². The van der Waals surface area contributed by atoms with Crippen molar-refractivity contribution < 1.29 is 5.11 Å². The van der Waals surface area contributed by atoms with Crippen LogP contribution in [0, 0.1) is 5.92 Å². The lowest BCUT2D eigenvalue weighted by Gasteiger charge is -2.38. The molecule has 0 amide bonds. The third-order valence-corrected chi connectivity index (χ3v) is 3.59. The molecular weight excluding hydrogens is 162 g/mol. The van der Waals surface area contributed by atoms with Crippen LogP contribution >= 0.6 is 0 Å². The van der Waals surface area contributed by atoms with Crippen LogP contribution < -0.4 is 5.32 Å². The summed E-state index contributed by atoms with van der Waals surface area (Å²) < 4.78 is 0. The van der Waals surface area contributed by atoms with Crippen molar-refractivity contribution in [1.29, 1.82) is 0 Å². The van der Waals surface area contributed by atoms with E-state index < -0.39 is 0 Å². The molecule has 0 aromatic rings. The SMILES string of the molecule is CCCC1CCC(CO)(NC)CC1. The van der Waals surface area contributed by atoms with E-state index in [1.54, 1.807) is 0 Å². The Bertz CT molecular complexity index is 133. The molecule has 0 atom stereocenters. The minimum absolute atomic E-state index is 0.0459. The monoisotopic (exact) mass is 185 g/mol. The van der Waals surface area contributed by atoms with Gasteiger partial charge in [0, 0.05) is 5.54 Å². The van der Waals surface area contributed by atoms with Gasteiger partial charge in [0.15, 0.2) is 0 Å². The molecule has 1 fully saturated rings. The Balaban J connectivity index is 2.36. The van der Waals surface area contributed by atoms with Crippen molar-refractivity contribution in [3.8, 4) is 0 Å². The summed E-state index contributed by atoms with van der Waals surface area (Å²) in [6.07, 6.45) is 7.53. The van der Waals surface area contributed by atoms with E-state index in [9.17, 15) is 5.11 Å². The number of nitrogens with one attached hydrogen (secondary N) is 1. The van der Waals surface area contributed by atoms with Crippen LogP contribution in [0.1, 0.15) is 45.4 Å². The van der Waals surface area contributed by atoms with Crippen molar-refractivity contribution >= 4 is 0 Å². The molecule has 0 radical (unpaired) electrons. The molecule has 0 spiro atoms. The summed E-state index contributed by atoms with van der Waals surface area (Å²) in [5.41, 5.74) is 0.0459. The highest BCUT2D eigenvalue weighted by atomic mass is 16.3. The van der Waals surface area contributed by atoms with Gasteiger partial charge in [0.2, 0.25) is 0 Å². The first-order chi connectivity index (χ1) is 6.26. The highest BCUT2D eigenvalue weighted by Gasteiger charge is 2.32. The number of aliphatic hydroxyl groups excluding tert-OH is 1. The summed E-state index contributed by atoms with van der Waals surface area (Å²) >= 11 is 0. The van der Waals surface area contributed by atoms with Crippen molar-refractivity contribution in [1.82, 2.24) is 5.32 Å². The van der Waals surface area contributed by atoms with Crippen LogP contribution in [0.25, 0.3) is 0 Å². The standard InChI is InChI=1S/C11H23NO/c1-3-4-10-5-7-11(9-13,12-2)8-6-10/h10,12-13H,3-9H2,1-2H3. The largest absolute Gasteiger partial charge is 0.394 e. The lowest BCUT2D eigenvalue weighted by Crippen LogP contribution is -2.49. The first-order valence-corrected chi connectivity index (χ1v) is 5.56. The molecule has 0 bridgehead atoms. The van der Waals surface area contributed by atoms with E-state index in [1.807, 2.05) is 7.05 Å². The summed E-state index contributed by atoms with van der Waals surface area (Å²) in [6.45, 7) is 2.55. The van der Waals surface area contributed by atoms with Crippen molar-refractivity contribution in [2.45, 2.75) is 51.0 Å². The van der Waals surface area contributed by atoms with Crippen LogP contribution in [-0.2, 0) is 0 Å².